The first kappa shape index (κ1) is 15.0. The predicted octanol–water partition coefficient (Wildman–Crippen LogP) is 1.05. The topological polar surface area (TPSA) is 85.6 Å². The molecule has 0 unspecified atom stereocenters. The van der Waals surface area contributed by atoms with Crippen LogP contribution in [-0.2, 0) is 9.53 Å². The number of esters is 1. The number of fused-ring (bicyclic) bond motifs is 1. The maximum Gasteiger partial charge on any atom is 0.310 e. The highest BCUT2D eigenvalue weighted by molar-refractivity contribution is 5.93. The van der Waals surface area contributed by atoms with E-state index in [-0.39, 0.29) is 23.6 Å². The minimum atomic E-state index is -0.427. The molecule has 2 atom stereocenters. The number of amides is 1. The molecule has 112 valence electrons. The second-order valence-corrected chi connectivity index (χ2v) is 4.75. The van der Waals surface area contributed by atoms with Gasteiger partial charge in [0, 0.05) is 24.5 Å². The molecule has 0 fully saturated rings. The van der Waals surface area contributed by atoms with Crippen LogP contribution in [0.1, 0.15) is 31.3 Å². The normalized spacial score (nSPS) is 13.7. The molecule has 2 aromatic heterocycles. The van der Waals surface area contributed by atoms with Crippen LogP contribution in [0, 0.1) is 5.92 Å². The van der Waals surface area contributed by atoms with Crippen molar-refractivity contribution in [1.29, 1.82) is 0 Å². The molecular formula is C14H18N4O3. The lowest BCUT2D eigenvalue weighted by atomic mass is 10.0. The first-order valence-corrected chi connectivity index (χ1v) is 6.80. The minimum Gasteiger partial charge on any atom is -0.466 e. The highest BCUT2D eigenvalue weighted by Crippen LogP contribution is 2.08. The lowest BCUT2D eigenvalue weighted by Gasteiger charge is -2.19. The number of hydrogen-bond acceptors (Lipinski definition) is 5. The van der Waals surface area contributed by atoms with Crippen LogP contribution in [0.5, 0.6) is 0 Å². The number of aromatic nitrogens is 3. The van der Waals surface area contributed by atoms with Crippen LogP contribution in [0.2, 0.25) is 0 Å². The van der Waals surface area contributed by atoms with Gasteiger partial charge in [-0.3, -0.25) is 9.59 Å². The fourth-order valence-electron chi connectivity index (χ4n) is 1.82. The van der Waals surface area contributed by atoms with Gasteiger partial charge in [-0.25, -0.2) is 9.50 Å². The van der Waals surface area contributed by atoms with Crippen molar-refractivity contribution in [1.82, 2.24) is 19.9 Å². The fraction of sp³-hybridized carbons (Fsp3) is 0.429. The van der Waals surface area contributed by atoms with Gasteiger partial charge >= 0.3 is 5.97 Å². The zero-order chi connectivity index (χ0) is 15.4. The molecule has 0 aliphatic rings. The van der Waals surface area contributed by atoms with E-state index >= 15 is 0 Å². The van der Waals surface area contributed by atoms with Crippen LogP contribution < -0.4 is 5.32 Å². The molecule has 0 aliphatic carbocycles. The van der Waals surface area contributed by atoms with Crippen LogP contribution in [0.15, 0.2) is 24.5 Å². The summed E-state index contributed by atoms with van der Waals surface area (Å²) in [5.74, 6) is -1.10. The molecule has 0 spiro atoms. The summed E-state index contributed by atoms with van der Waals surface area (Å²) >= 11 is 0. The summed E-state index contributed by atoms with van der Waals surface area (Å²) in [6.45, 7) is 5.54. The Balaban J connectivity index is 2.05. The molecule has 0 bridgehead atoms. The summed E-state index contributed by atoms with van der Waals surface area (Å²) in [4.78, 5) is 27.9. The molecular weight excluding hydrogens is 272 g/mol. The van der Waals surface area contributed by atoms with Gasteiger partial charge in [-0.05, 0) is 26.8 Å². The van der Waals surface area contributed by atoms with Crippen LogP contribution >= 0.6 is 0 Å². The van der Waals surface area contributed by atoms with Crippen molar-refractivity contribution >= 4 is 17.5 Å². The van der Waals surface area contributed by atoms with Crippen molar-refractivity contribution in [3.63, 3.8) is 0 Å². The summed E-state index contributed by atoms with van der Waals surface area (Å²) < 4.78 is 6.46. The summed E-state index contributed by atoms with van der Waals surface area (Å²) in [7, 11) is 0. The largest absolute Gasteiger partial charge is 0.466 e. The van der Waals surface area contributed by atoms with Gasteiger partial charge in [0.05, 0.1) is 12.5 Å². The van der Waals surface area contributed by atoms with E-state index in [4.69, 9.17) is 4.74 Å². The summed E-state index contributed by atoms with van der Waals surface area (Å²) in [6, 6.07) is 2.97. The van der Waals surface area contributed by atoms with E-state index in [1.807, 2.05) is 0 Å². The minimum absolute atomic E-state index is 0.261. The average molecular weight is 290 g/mol. The molecule has 2 rings (SSSR count). The molecule has 2 aromatic rings. The second kappa shape index (κ2) is 6.34. The maximum absolute atomic E-state index is 12.1. The Hall–Kier alpha value is -2.44. The van der Waals surface area contributed by atoms with Crippen molar-refractivity contribution < 1.29 is 14.3 Å². The molecule has 0 saturated carbocycles. The fourth-order valence-corrected chi connectivity index (χ4v) is 1.82. The Kier molecular flexibility index (Phi) is 4.52. The summed E-state index contributed by atoms with van der Waals surface area (Å²) in [5.41, 5.74) is 0.852. The first-order chi connectivity index (χ1) is 10.0. The first-order valence-electron chi connectivity index (χ1n) is 6.80. The molecule has 7 nitrogen and oxygen atoms in total. The Morgan fingerprint density at radius 3 is 2.86 bits per heavy atom. The van der Waals surface area contributed by atoms with Gasteiger partial charge in [0.2, 0.25) is 0 Å². The van der Waals surface area contributed by atoms with Crippen molar-refractivity contribution in [2.45, 2.75) is 26.8 Å². The molecule has 21 heavy (non-hydrogen) atoms. The Morgan fingerprint density at radius 1 is 1.43 bits per heavy atom. The number of ether oxygens (including phenoxy) is 1. The molecule has 0 saturated heterocycles. The van der Waals surface area contributed by atoms with Crippen LogP contribution in [0.4, 0.5) is 0 Å². The lowest BCUT2D eigenvalue weighted by Crippen LogP contribution is -2.40. The van der Waals surface area contributed by atoms with Gasteiger partial charge in [0.15, 0.2) is 11.3 Å². The highest BCUT2D eigenvalue weighted by atomic mass is 16.5. The molecule has 2 heterocycles. The number of nitrogens with one attached hydrogen (secondary N) is 1. The van der Waals surface area contributed by atoms with E-state index in [9.17, 15) is 9.59 Å². The smallest absolute Gasteiger partial charge is 0.310 e. The third-order valence-corrected chi connectivity index (χ3v) is 3.24. The highest BCUT2D eigenvalue weighted by Gasteiger charge is 2.24. The van der Waals surface area contributed by atoms with Gasteiger partial charge < -0.3 is 10.1 Å². The van der Waals surface area contributed by atoms with Crippen LogP contribution in [0.25, 0.3) is 5.65 Å². The van der Waals surface area contributed by atoms with E-state index in [1.165, 1.54) is 4.52 Å². The van der Waals surface area contributed by atoms with Crippen LogP contribution in [-0.4, -0.2) is 39.1 Å². The molecule has 0 aliphatic heterocycles. The molecule has 1 N–H and O–H groups in total. The molecule has 1 amide bonds. The average Bonchev–Trinajstić information content (AvgIpc) is 2.90. The van der Waals surface area contributed by atoms with Crippen molar-refractivity contribution in [3.05, 3.63) is 30.2 Å². The number of hydrogen-bond donors (Lipinski definition) is 1. The number of nitrogens with zero attached hydrogens (tertiary/aromatic N) is 3. The van der Waals surface area contributed by atoms with E-state index < -0.39 is 5.92 Å². The van der Waals surface area contributed by atoms with Gasteiger partial charge in [0.25, 0.3) is 5.91 Å². The van der Waals surface area contributed by atoms with E-state index in [2.05, 4.69) is 15.4 Å². The monoisotopic (exact) mass is 290 g/mol. The zero-order valence-electron chi connectivity index (χ0n) is 12.2. The van der Waals surface area contributed by atoms with Gasteiger partial charge in [0.1, 0.15) is 0 Å². The Morgan fingerprint density at radius 2 is 2.19 bits per heavy atom. The van der Waals surface area contributed by atoms with Gasteiger partial charge in [-0.15, -0.1) is 0 Å². The third kappa shape index (κ3) is 3.36. The second-order valence-electron chi connectivity index (χ2n) is 4.75. The van der Waals surface area contributed by atoms with Crippen molar-refractivity contribution in [2.75, 3.05) is 6.61 Å². The summed E-state index contributed by atoms with van der Waals surface area (Å²) in [5, 5.41) is 6.89. The Bertz CT molecular complexity index is 619. The zero-order valence-corrected chi connectivity index (χ0v) is 12.2. The van der Waals surface area contributed by atoms with Crippen molar-refractivity contribution in [2.24, 2.45) is 5.92 Å². The van der Waals surface area contributed by atoms with E-state index in [0.717, 1.165) is 0 Å². The summed E-state index contributed by atoms with van der Waals surface area (Å²) in [6.07, 6.45) is 3.34. The molecule has 0 aromatic carbocycles. The maximum atomic E-state index is 12.1. The van der Waals surface area contributed by atoms with Crippen LogP contribution in [0.3, 0.4) is 0 Å². The predicted molar refractivity (Wildman–Crippen MR) is 75.7 cm³/mol. The molecule has 0 radical (unpaired) electrons. The van der Waals surface area contributed by atoms with E-state index in [1.54, 1.807) is 45.3 Å². The number of rotatable bonds is 5. The Labute approximate surface area is 122 Å². The van der Waals surface area contributed by atoms with E-state index in [0.29, 0.717) is 12.3 Å². The number of carbonyl (C=O) groups excluding carboxylic acids is 2. The van der Waals surface area contributed by atoms with Crippen molar-refractivity contribution in [3.8, 4) is 0 Å². The molecule has 7 heteroatoms. The SMILES string of the molecule is CCOC(=O)[C@H](C)[C@H](C)NC(=O)c1cc2ncccn2n1. The quantitative estimate of drug-likeness (QED) is 0.832. The third-order valence-electron chi connectivity index (χ3n) is 3.24. The lowest BCUT2D eigenvalue weighted by molar-refractivity contribution is -0.148. The van der Waals surface area contributed by atoms with Gasteiger partial charge in [-0.1, -0.05) is 0 Å². The standard InChI is InChI=1S/C14H18N4O3/c1-4-21-14(20)9(2)10(3)16-13(19)11-8-12-15-6-5-7-18(12)17-11/h5-10H,4H2,1-3H3,(H,16,19)/t9-,10+/m1/s1. The number of carbonyl (C=O) groups is 2. The van der Waals surface area contributed by atoms with Gasteiger partial charge in [-0.2, -0.15) is 5.10 Å².